The van der Waals surface area contributed by atoms with Gasteiger partial charge in [-0.15, -0.1) is 0 Å². The topological polar surface area (TPSA) is 49.9 Å². The minimum Gasteiger partial charge on any atom is -0.399 e. The summed E-state index contributed by atoms with van der Waals surface area (Å²) in [6.45, 7) is 1.89. The molecule has 62 valence electrons. The highest BCUT2D eigenvalue weighted by Crippen LogP contribution is 2.06. The summed E-state index contributed by atoms with van der Waals surface area (Å²) in [7, 11) is 0. The van der Waals surface area contributed by atoms with Crippen LogP contribution in [0.1, 0.15) is 12.5 Å². The van der Waals surface area contributed by atoms with Gasteiger partial charge in [-0.2, -0.15) is 0 Å². The molecule has 0 aromatic heterocycles. The van der Waals surface area contributed by atoms with Gasteiger partial charge in [-0.3, -0.25) is 0 Å². The molecule has 1 aromatic rings. The number of nitrogens with two attached hydrogens (primary N) is 1. The van der Waals surface area contributed by atoms with Crippen LogP contribution in [0.5, 0.6) is 0 Å². The van der Waals surface area contributed by atoms with Gasteiger partial charge >= 0.3 is 0 Å². The molecule has 0 saturated heterocycles. The molecule has 0 bridgehead atoms. The molecule has 2 heteroatoms. The fourth-order valence-electron chi connectivity index (χ4n) is 0.926. The van der Waals surface area contributed by atoms with E-state index in [1.165, 1.54) is 0 Å². The number of nitrogen functional groups attached to an aromatic ring is 1. The Morgan fingerprint density at radius 3 is 2.42 bits per heavy atom. The average molecular weight is 160 g/mol. The minimum atomic E-state index is 0.512. The van der Waals surface area contributed by atoms with Crippen molar-refractivity contribution in [3.05, 3.63) is 42.0 Å². The first kappa shape index (κ1) is 8.53. The molecular weight excluding hydrogens is 148 g/mol. The fraction of sp³-hybridized carbons (Fsp3) is 0.100. The average Bonchev–Trinajstić information content (AvgIpc) is 2.06. The summed E-state index contributed by atoms with van der Waals surface area (Å²) in [5, 5.41) is 7.57. The molecule has 0 spiro atoms. The largest absolute Gasteiger partial charge is 0.399 e. The van der Waals surface area contributed by atoms with Crippen LogP contribution in [0.2, 0.25) is 0 Å². The molecule has 0 radical (unpaired) electrons. The highest BCUT2D eigenvalue weighted by Gasteiger charge is 1.94. The fourth-order valence-corrected chi connectivity index (χ4v) is 0.926. The molecule has 0 fully saturated rings. The highest BCUT2D eigenvalue weighted by molar-refractivity contribution is 6.06. The molecule has 0 amide bonds. The molecule has 0 saturated carbocycles. The molecule has 2 nitrogen and oxygen atoms in total. The van der Waals surface area contributed by atoms with Crippen molar-refractivity contribution in [3.8, 4) is 0 Å². The molecule has 1 rings (SSSR count). The Morgan fingerprint density at radius 2 is 1.92 bits per heavy atom. The van der Waals surface area contributed by atoms with E-state index in [1.54, 1.807) is 18.2 Å². The molecule has 0 unspecified atom stereocenters. The van der Waals surface area contributed by atoms with E-state index in [0.717, 1.165) is 11.3 Å². The summed E-state index contributed by atoms with van der Waals surface area (Å²) in [4.78, 5) is 0. The van der Waals surface area contributed by atoms with Gasteiger partial charge in [0.2, 0.25) is 0 Å². The number of hydrogen-bond donors (Lipinski definition) is 2. The van der Waals surface area contributed by atoms with Crippen LogP contribution in [0.15, 0.2) is 36.4 Å². The second kappa shape index (κ2) is 3.72. The summed E-state index contributed by atoms with van der Waals surface area (Å²) < 4.78 is 0. The summed E-state index contributed by atoms with van der Waals surface area (Å²) in [5.74, 6) is 0. The molecule has 0 aliphatic carbocycles. The molecule has 0 aliphatic rings. The van der Waals surface area contributed by atoms with Gasteiger partial charge < -0.3 is 11.1 Å². The van der Waals surface area contributed by atoms with E-state index >= 15 is 0 Å². The van der Waals surface area contributed by atoms with Crippen LogP contribution in [0.4, 0.5) is 5.69 Å². The zero-order valence-electron chi connectivity index (χ0n) is 7.04. The van der Waals surface area contributed by atoms with Gasteiger partial charge in [0, 0.05) is 5.69 Å². The number of benzene rings is 1. The smallest absolute Gasteiger partial charge is 0.0608 e. The molecule has 1 aromatic carbocycles. The normalized spacial score (nSPS) is 10.4. The predicted molar refractivity (Wildman–Crippen MR) is 52.5 cm³/mol. The SMILES string of the molecule is C/C=C\C(=N)c1ccc(N)cc1. The van der Waals surface area contributed by atoms with E-state index in [0.29, 0.717) is 5.71 Å². The third kappa shape index (κ3) is 1.95. The van der Waals surface area contributed by atoms with Crippen LogP contribution in [0.25, 0.3) is 0 Å². The Kier molecular flexibility index (Phi) is 2.64. The molecule has 0 heterocycles. The van der Waals surface area contributed by atoms with E-state index in [9.17, 15) is 0 Å². The van der Waals surface area contributed by atoms with Crippen LogP contribution in [0, 0.1) is 5.41 Å². The Morgan fingerprint density at radius 1 is 1.33 bits per heavy atom. The Hall–Kier alpha value is -1.57. The van der Waals surface area contributed by atoms with Crippen molar-refractivity contribution in [2.75, 3.05) is 5.73 Å². The van der Waals surface area contributed by atoms with Crippen molar-refractivity contribution in [3.63, 3.8) is 0 Å². The van der Waals surface area contributed by atoms with Crippen LogP contribution >= 0.6 is 0 Å². The lowest BCUT2D eigenvalue weighted by Crippen LogP contribution is -1.94. The lowest BCUT2D eigenvalue weighted by atomic mass is 10.1. The first-order chi connectivity index (χ1) is 5.74. The van der Waals surface area contributed by atoms with E-state index < -0.39 is 0 Å². The number of anilines is 1. The van der Waals surface area contributed by atoms with Crippen LogP contribution in [-0.2, 0) is 0 Å². The number of allylic oxidation sites excluding steroid dienone is 2. The van der Waals surface area contributed by atoms with Crippen LogP contribution in [-0.4, -0.2) is 5.71 Å². The molecule has 0 aliphatic heterocycles. The van der Waals surface area contributed by atoms with Crippen molar-refractivity contribution in [2.45, 2.75) is 6.92 Å². The van der Waals surface area contributed by atoms with Crippen molar-refractivity contribution < 1.29 is 0 Å². The maximum Gasteiger partial charge on any atom is 0.0608 e. The second-order valence-corrected chi connectivity index (χ2v) is 2.54. The first-order valence-corrected chi connectivity index (χ1v) is 3.81. The summed E-state index contributed by atoms with van der Waals surface area (Å²) in [5.41, 5.74) is 7.64. The minimum absolute atomic E-state index is 0.512. The van der Waals surface area contributed by atoms with Gasteiger partial charge in [-0.25, -0.2) is 0 Å². The Labute approximate surface area is 72.2 Å². The van der Waals surface area contributed by atoms with E-state index in [2.05, 4.69) is 0 Å². The molecule has 12 heavy (non-hydrogen) atoms. The van der Waals surface area contributed by atoms with Gasteiger partial charge in [0.05, 0.1) is 5.71 Å². The third-order valence-corrected chi connectivity index (χ3v) is 1.56. The lowest BCUT2D eigenvalue weighted by molar-refractivity contribution is 1.49. The summed E-state index contributed by atoms with van der Waals surface area (Å²) >= 11 is 0. The van der Waals surface area contributed by atoms with Crippen LogP contribution in [0.3, 0.4) is 0 Å². The maximum absolute atomic E-state index is 7.57. The zero-order chi connectivity index (χ0) is 8.97. The number of rotatable bonds is 2. The third-order valence-electron chi connectivity index (χ3n) is 1.56. The standard InChI is InChI=1S/C10H12N2/c1-2-3-10(12)8-4-6-9(11)7-5-8/h2-7,12H,11H2,1H3/b3-2-,12-10?. The van der Waals surface area contributed by atoms with Crippen molar-refractivity contribution in [2.24, 2.45) is 0 Å². The number of nitrogens with one attached hydrogen (secondary N) is 1. The van der Waals surface area contributed by atoms with E-state index in [4.69, 9.17) is 11.1 Å². The van der Waals surface area contributed by atoms with Gasteiger partial charge in [-0.1, -0.05) is 18.2 Å². The highest BCUT2D eigenvalue weighted by atomic mass is 14.5. The van der Waals surface area contributed by atoms with E-state index in [1.807, 2.05) is 25.1 Å². The van der Waals surface area contributed by atoms with Crippen molar-refractivity contribution >= 4 is 11.4 Å². The van der Waals surface area contributed by atoms with Gasteiger partial charge in [-0.05, 0) is 30.7 Å². The van der Waals surface area contributed by atoms with Crippen LogP contribution < -0.4 is 5.73 Å². The quantitative estimate of drug-likeness (QED) is 0.505. The molecular formula is C10H12N2. The van der Waals surface area contributed by atoms with Gasteiger partial charge in [0.25, 0.3) is 0 Å². The van der Waals surface area contributed by atoms with Gasteiger partial charge in [0.1, 0.15) is 0 Å². The summed E-state index contributed by atoms with van der Waals surface area (Å²) in [6.07, 6.45) is 3.60. The first-order valence-electron chi connectivity index (χ1n) is 3.81. The maximum atomic E-state index is 7.57. The monoisotopic (exact) mass is 160 g/mol. The van der Waals surface area contributed by atoms with Crippen molar-refractivity contribution in [1.29, 1.82) is 5.41 Å². The molecule has 0 atom stereocenters. The second-order valence-electron chi connectivity index (χ2n) is 2.54. The molecule has 3 N–H and O–H groups in total. The predicted octanol–water partition coefficient (Wildman–Crippen LogP) is 2.21. The van der Waals surface area contributed by atoms with Crippen molar-refractivity contribution in [1.82, 2.24) is 0 Å². The Bertz CT molecular complexity index is 296. The zero-order valence-corrected chi connectivity index (χ0v) is 7.04. The van der Waals surface area contributed by atoms with Gasteiger partial charge in [0.15, 0.2) is 0 Å². The summed E-state index contributed by atoms with van der Waals surface area (Å²) in [6, 6.07) is 7.29. The lowest BCUT2D eigenvalue weighted by Gasteiger charge is -1.98. The number of hydrogen-bond acceptors (Lipinski definition) is 2. The Balaban J connectivity index is 2.90. The van der Waals surface area contributed by atoms with E-state index in [-0.39, 0.29) is 0 Å².